The van der Waals surface area contributed by atoms with Crippen LogP contribution in [0.4, 0.5) is 0 Å². The van der Waals surface area contributed by atoms with Crippen molar-refractivity contribution >= 4 is 45.8 Å². The zero-order chi connectivity index (χ0) is 29.8. The van der Waals surface area contributed by atoms with E-state index in [0.29, 0.717) is 48.2 Å². The van der Waals surface area contributed by atoms with Crippen LogP contribution < -0.4 is 10.5 Å². The third kappa shape index (κ3) is 4.15. The Hall–Kier alpha value is -3.42. The van der Waals surface area contributed by atoms with Gasteiger partial charge in [-0.2, -0.15) is 4.31 Å². The highest BCUT2D eigenvalue weighted by atomic mass is 32.2. The van der Waals surface area contributed by atoms with Crippen LogP contribution in [0.2, 0.25) is 0 Å². The number of hydrogen-bond acceptors (Lipinski definition) is 7. The average Bonchev–Trinajstić information content (AvgIpc) is 3.40. The summed E-state index contributed by atoms with van der Waals surface area (Å²) >= 11 is 0. The first-order valence-corrected chi connectivity index (χ1v) is 16.8. The first-order chi connectivity index (χ1) is 20.5. The van der Waals surface area contributed by atoms with Gasteiger partial charge in [0.2, 0.25) is 10.0 Å². The van der Waals surface area contributed by atoms with Crippen molar-refractivity contribution in [2.45, 2.75) is 49.8 Å². The molecule has 2 N–H and O–H groups in total. The topological polar surface area (TPSA) is 129 Å². The molecule has 2 saturated heterocycles. The summed E-state index contributed by atoms with van der Waals surface area (Å²) in [5.74, 6) is 1.75. The molecule has 43 heavy (non-hydrogen) atoms. The molecule has 0 spiro atoms. The van der Waals surface area contributed by atoms with Crippen molar-refractivity contribution in [2.24, 2.45) is 17.6 Å². The number of likely N-dealkylation sites (tertiary alicyclic amines) is 1. The number of carbonyl (C=O) groups is 1. The average molecular weight is 600 g/mol. The summed E-state index contributed by atoms with van der Waals surface area (Å²) in [5.41, 5.74) is 9.19. The molecule has 11 nitrogen and oxygen atoms in total. The predicted octanol–water partition coefficient (Wildman–Crippen LogP) is 2.35. The molecule has 4 aromatic rings. The minimum Gasteiger partial charge on any atom is -0.494 e. The van der Waals surface area contributed by atoms with E-state index in [2.05, 4.69) is 15.2 Å². The second-order valence-electron chi connectivity index (χ2n) is 12.8. The Morgan fingerprint density at radius 1 is 1.16 bits per heavy atom. The Labute approximate surface area is 251 Å². The molecule has 4 fully saturated rings. The van der Waals surface area contributed by atoms with Crippen LogP contribution in [-0.4, -0.2) is 95.0 Å². The SMILES string of the molecule is [B][C@]1(N)C2CCC1N(C(=O)c1cc(OC)c3c(c1)nc(-c1cc4cccnc4n1CC1CC1)n3C1CN(S(C)(=O)=O)C1)C2. The van der Waals surface area contributed by atoms with Gasteiger partial charge in [0, 0.05) is 54.8 Å². The number of benzene rings is 1. The number of fused-ring (bicyclic) bond motifs is 4. The lowest BCUT2D eigenvalue weighted by Crippen LogP contribution is -2.52. The Balaban J connectivity index is 1.29. The molecular weight excluding hydrogens is 565 g/mol. The Bertz CT molecular complexity index is 1910. The fourth-order valence-electron chi connectivity index (χ4n) is 7.44. The van der Waals surface area contributed by atoms with Crippen molar-refractivity contribution in [1.29, 1.82) is 0 Å². The number of amides is 1. The molecule has 3 aromatic heterocycles. The summed E-state index contributed by atoms with van der Waals surface area (Å²) in [4.78, 5) is 25.6. The fourth-order valence-corrected chi connectivity index (χ4v) is 8.32. The van der Waals surface area contributed by atoms with Gasteiger partial charge in [0.1, 0.15) is 16.9 Å². The number of pyridine rings is 1. The molecule has 4 aliphatic rings. The van der Waals surface area contributed by atoms with Crippen molar-refractivity contribution < 1.29 is 17.9 Å². The monoisotopic (exact) mass is 599 g/mol. The van der Waals surface area contributed by atoms with Crippen molar-refractivity contribution in [1.82, 2.24) is 28.3 Å². The summed E-state index contributed by atoms with van der Waals surface area (Å²) in [6, 6.07) is 9.30. The molecule has 13 heteroatoms. The van der Waals surface area contributed by atoms with E-state index in [0.717, 1.165) is 41.6 Å². The van der Waals surface area contributed by atoms with Gasteiger partial charge in [-0.05, 0) is 67.9 Å². The second kappa shape index (κ2) is 9.29. The normalized spacial score (nSPS) is 26.1. The third-order valence-electron chi connectivity index (χ3n) is 10.0. The van der Waals surface area contributed by atoms with Gasteiger partial charge in [0.25, 0.3) is 5.91 Å². The lowest BCUT2D eigenvalue weighted by atomic mass is 9.71. The van der Waals surface area contributed by atoms with Crippen LogP contribution in [0.1, 0.15) is 42.1 Å². The number of rotatable bonds is 7. The van der Waals surface area contributed by atoms with Crippen molar-refractivity contribution in [3.63, 3.8) is 0 Å². The number of ether oxygens (including phenoxy) is 1. The zero-order valence-electron chi connectivity index (χ0n) is 24.3. The van der Waals surface area contributed by atoms with Crippen molar-refractivity contribution in [2.75, 3.05) is 33.0 Å². The number of piperidine rings is 1. The summed E-state index contributed by atoms with van der Waals surface area (Å²) in [7, 11) is 4.69. The fraction of sp³-hybridized carbons (Fsp3) is 0.500. The number of imidazole rings is 1. The second-order valence-corrected chi connectivity index (χ2v) is 14.8. The molecule has 1 aromatic carbocycles. The highest BCUT2D eigenvalue weighted by molar-refractivity contribution is 7.88. The Morgan fingerprint density at radius 3 is 2.60 bits per heavy atom. The van der Waals surface area contributed by atoms with Crippen LogP contribution in [0.3, 0.4) is 0 Å². The van der Waals surface area contributed by atoms with Crippen LogP contribution in [0.25, 0.3) is 33.6 Å². The molecule has 3 atom stereocenters. The van der Waals surface area contributed by atoms with E-state index in [1.165, 1.54) is 23.4 Å². The van der Waals surface area contributed by atoms with E-state index in [9.17, 15) is 13.2 Å². The van der Waals surface area contributed by atoms with Gasteiger partial charge in [-0.25, -0.2) is 18.4 Å². The smallest absolute Gasteiger partial charge is 0.254 e. The zero-order valence-corrected chi connectivity index (χ0v) is 25.1. The van der Waals surface area contributed by atoms with Gasteiger partial charge in [-0.3, -0.25) is 4.79 Å². The molecule has 2 radical (unpaired) electrons. The highest BCUT2D eigenvalue weighted by Crippen LogP contribution is 2.44. The molecule has 5 heterocycles. The van der Waals surface area contributed by atoms with E-state index in [1.54, 1.807) is 19.4 Å². The first kappa shape index (κ1) is 27.2. The van der Waals surface area contributed by atoms with Gasteiger partial charge >= 0.3 is 0 Å². The maximum Gasteiger partial charge on any atom is 0.254 e. The lowest BCUT2D eigenvalue weighted by Gasteiger charge is -2.39. The molecule has 2 unspecified atom stereocenters. The number of methoxy groups -OCH3 is 1. The van der Waals surface area contributed by atoms with Crippen molar-refractivity contribution in [3.8, 4) is 17.3 Å². The molecule has 2 saturated carbocycles. The third-order valence-corrected chi connectivity index (χ3v) is 11.3. The van der Waals surface area contributed by atoms with Gasteiger partial charge in [-0.15, -0.1) is 0 Å². The van der Waals surface area contributed by atoms with Crippen molar-refractivity contribution in [3.05, 3.63) is 42.1 Å². The van der Waals surface area contributed by atoms with Gasteiger partial charge in [-0.1, -0.05) is 0 Å². The number of aromatic nitrogens is 4. The van der Waals surface area contributed by atoms with Crippen LogP contribution in [-0.2, 0) is 16.6 Å². The van der Waals surface area contributed by atoms with E-state index in [4.69, 9.17) is 28.3 Å². The quantitative estimate of drug-likeness (QED) is 0.323. The van der Waals surface area contributed by atoms with E-state index in [-0.39, 0.29) is 23.9 Å². The summed E-state index contributed by atoms with van der Waals surface area (Å²) < 4.78 is 36.4. The Kier molecular flexibility index (Phi) is 5.87. The van der Waals surface area contributed by atoms with E-state index in [1.807, 2.05) is 23.1 Å². The predicted molar refractivity (Wildman–Crippen MR) is 163 cm³/mol. The maximum atomic E-state index is 13.9. The standard InChI is InChI=1S/C30H34BN7O4S/c1-42-24-12-19(29(39)37-14-20-7-8-25(37)30(20,31)32)10-22-26(24)38(21-15-35(16-21)43(2,40)41)28(34-22)23-11-18-4-3-9-33-27(18)36(23)13-17-5-6-17/h3-4,9-12,17,20-21,25H,5-8,13-16,32H2,1-2H3/t20?,25?,30-/m0/s1. The summed E-state index contributed by atoms with van der Waals surface area (Å²) in [6.07, 6.45) is 7.11. The van der Waals surface area contributed by atoms with Crippen LogP contribution in [0, 0.1) is 11.8 Å². The summed E-state index contributed by atoms with van der Waals surface area (Å²) in [6.45, 7) is 2.02. The number of carbonyl (C=O) groups excluding carboxylic acids is 1. The minimum absolute atomic E-state index is 0.0799. The van der Waals surface area contributed by atoms with Crippen LogP contribution in [0.5, 0.6) is 5.75 Å². The first-order valence-electron chi connectivity index (χ1n) is 14.9. The van der Waals surface area contributed by atoms with E-state index >= 15 is 0 Å². The van der Waals surface area contributed by atoms with Gasteiger partial charge < -0.3 is 24.5 Å². The largest absolute Gasteiger partial charge is 0.494 e. The van der Waals surface area contributed by atoms with Gasteiger partial charge in [0.05, 0.1) is 38.5 Å². The number of nitrogens with two attached hydrogens (primary N) is 1. The van der Waals surface area contributed by atoms with E-state index < -0.39 is 15.5 Å². The molecule has 222 valence electrons. The minimum atomic E-state index is -3.33. The molecule has 2 aliphatic heterocycles. The Morgan fingerprint density at radius 2 is 1.95 bits per heavy atom. The highest BCUT2D eigenvalue weighted by Gasteiger charge is 2.54. The molecular formula is C30H34BN7O4S. The lowest BCUT2D eigenvalue weighted by molar-refractivity contribution is 0.0697. The molecule has 2 aliphatic carbocycles. The molecule has 2 bridgehead atoms. The summed E-state index contributed by atoms with van der Waals surface area (Å²) in [5, 5.41) is 1.02. The number of hydrogen-bond donors (Lipinski definition) is 1. The molecule has 8 rings (SSSR count). The molecule has 1 amide bonds. The number of sulfonamides is 1. The number of nitrogens with zero attached hydrogens (tertiary/aromatic N) is 6. The van der Waals surface area contributed by atoms with Crippen LogP contribution in [0.15, 0.2) is 36.5 Å². The van der Waals surface area contributed by atoms with Crippen LogP contribution >= 0.6 is 0 Å². The maximum absolute atomic E-state index is 13.9. The van der Waals surface area contributed by atoms with Gasteiger partial charge in [0.15, 0.2) is 5.82 Å².